The topological polar surface area (TPSA) is 190 Å². The molecule has 0 spiro atoms. The van der Waals surface area contributed by atoms with Crippen LogP contribution in [-0.4, -0.2) is 63.3 Å². The van der Waals surface area contributed by atoms with Crippen LogP contribution in [0.5, 0.6) is 5.75 Å². The summed E-state index contributed by atoms with van der Waals surface area (Å²) in [6, 6.07) is 8.18. The van der Waals surface area contributed by atoms with Gasteiger partial charge in [-0.1, -0.05) is 18.2 Å². The first kappa shape index (κ1) is 29.7. The number of carbonyl (C=O) groups is 1. The minimum absolute atomic E-state index is 0.0731. The van der Waals surface area contributed by atoms with E-state index in [2.05, 4.69) is 10.1 Å². The fourth-order valence-electron chi connectivity index (χ4n) is 3.84. The number of nitrogen functional groups attached to an aromatic ring is 1. The summed E-state index contributed by atoms with van der Waals surface area (Å²) in [6.07, 6.45) is -5.06. The van der Waals surface area contributed by atoms with Gasteiger partial charge in [-0.25, -0.2) is 13.8 Å². The van der Waals surface area contributed by atoms with E-state index in [4.69, 9.17) is 30.0 Å². The highest BCUT2D eigenvalue weighted by molar-refractivity contribution is 7.52. The Morgan fingerprint density at radius 2 is 1.95 bits per heavy atom. The number of carbonyl (C=O) groups excluding carboxylic acids is 1. The van der Waals surface area contributed by atoms with Crippen LogP contribution in [0.25, 0.3) is 0 Å². The summed E-state index contributed by atoms with van der Waals surface area (Å²) in [7, 11) is -4.36. The second kappa shape index (κ2) is 11.9. The number of anilines is 1. The van der Waals surface area contributed by atoms with Gasteiger partial charge in [-0.05, 0) is 45.9 Å². The van der Waals surface area contributed by atoms with Crippen LogP contribution < -0.4 is 26.8 Å². The molecule has 6 N–H and O–H groups in total. The van der Waals surface area contributed by atoms with Crippen molar-refractivity contribution in [2.24, 2.45) is 5.73 Å². The number of nitrogens with zero attached hydrogens (tertiary/aromatic N) is 2. The maximum absolute atomic E-state index is 14.2. The highest BCUT2D eigenvalue weighted by Gasteiger charge is 2.58. The monoisotopic (exact) mass is 557 g/mol. The number of halogens is 1. The Morgan fingerprint density at radius 1 is 1.29 bits per heavy atom. The maximum Gasteiger partial charge on any atom is 0.459 e. The van der Waals surface area contributed by atoms with Crippen LogP contribution in [0.15, 0.2) is 47.4 Å². The normalized spacial score (nSPS) is 26.5. The number of para-hydroxylation sites is 1. The summed E-state index contributed by atoms with van der Waals surface area (Å²) in [5.74, 6) is -0.628. The minimum Gasteiger partial charge on any atom is -0.462 e. The number of alkyl halides is 1. The smallest absolute Gasteiger partial charge is 0.459 e. The summed E-state index contributed by atoms with van der Waals surface area (Å²) in [6.45, 7) is 4.83. The van der Waals surface area contributed by atoms with Gasteiger partial charge >= 0.3 is 19.4 Å². The van der Waals surface area contributed by atoms with Crippen molar-refractivity contribution in [3.8, 4) is 5.75 Å². The second-order valence-electron chi connectivity index (χ2n) is 9.23. The highest BCUT2D eigenvalue weighted by atomic mass is 31.2. The molecule has 210 valence electrons. The van der Waals surface area contributed by atoms with Crippen LogP contribution in [-0.2, 0) is 23.4 Å². The Bertz CT molecular complexity index is 1220. The summed E-state index contributed by atoms with van der Waals surface area (Å²) in [5, 5.41) is 13.5. The average molecular weight is 558 g/mol. The fraction of sp³-hybridized carbons (Fsp3) is 0.522. The molecule has 3 rings (SSSR count). The third-order valence-corrected chi connectivity index (χ3v) is 7.50. The van der Waals surface area contributed by atoms with E-state index in [9.17, 15) is 23.7 Å². The van der Waals surface area contributed by atoms with Gasteiger partial charge in [0, 0.05) is 6.20 Å². The van der Waals surface area contributed by atoms with Gasteiger partial charge in [-0.3, -0.25) is 13.9 Å². The number of rotatable bonds is 11. The van der Waals surface area contributed by atoms with Crippen molar-refractivity contribution < 1.29 is 37.4 Å². The van der Waals surface area contributed by atoms with E-state index < -0.39 is 68.3 Å². The number of aliphatic hydroxyl groups excluding tert-OH is 1. The predicted molar refractivity (Wildman–Crippen MR) is 135 cm³/mol. The Labute approximate surface area is 218 Å². The first-order chi connectivity index (χ1) is 17.8. The molecule has 2 unspecified atom stereocenters. The van der Waals surface area contributed by atoms with Crippen molar-refractivity contribution in [2.45, 2.75) is 69.9 Å². The standard InChI is InChI=1S/C23H33FN5O8P/c1-13(2)34-20(31)14(3)28-38(33,37-16-8-6-5-7-9-16)36-15(4)18-19(30)23(26,12-24)21(35-18)29-11-10-17(25)27-22(29)32/h5-11,13-15,18-19,21,30H,12,26H2,1-4H3,(H,28,33)(H2,25,27,32)/t14-,15-,18+,19?,21+,23+,38?/m0/s1. The van der Waals surface area contributed by atoms with Gasteiger partial charge in [0.15, 0.2) is 6.23 Å². The van der Waals surface area contributed by atoms with Gasteiger partial charge in [-0.2, -0.15) is 10.1 Å². The molecule has 1 aliphatic rings. The molecule has 2 aromatic rings. The number of nitrogens with one attached hydrogen (secondary N) is 1. The van der Waals surface area contributed by atoms with E-state index in [1.807, 2.05) is 0 Å². The van der Waals surface area contributed by atoms with Gasteiger partial charge in [-0.15, -0.1) is 0 Å². The number of ether oxygens (including phenoxy) is 2. The van der Waals surface area contributed by atoms with Crippen molar-refractivity contribution in [1.82, 2.24) is 14.6 Å². The van der Waals surface area contributed by atoms with E-state index in [1.54, 1.807) is 32.0 Å². The van der Waals surface area contributed by atoms with Gasteiger partial charge in [0.1, 0.15) is 42.0 Å². The summed E-state index contributed by atoms with van der Waals surface area (Å²) < 4.78 is 51.2. The molecular weight excluding hydrogens is 524 g/mol. The number of benzene rings is 1. The number of hydrogen-bond acceptors (Lipinski definition) is 11. The first-order valence-corrected chi connectivity index (χ1v) is 13.4. The van der Waals surface area contributed by atoms with E-state index in [0.717, 1.165) is 4.57 Å². The molecule has 15 heteroatoms. The zero-order valence-corrected chi connectivity index (χ0v) is 22.3. The summed E-state index contributed by atoms with van der Waals surface area (Å²) in [4.78, 5) is 28.3. The third-order valence-electron chi connectivity index (χ3n) is 5.74. The SMILES string of the molecule is CC(C)OC(=O)[C@H](C)NP(=O)(Oc1ccccc1)O[C@@H](C)[C@H]1O[C@@H](n2ccc(N)nc2=O)[C@@](N)(CF)C1O. The number of nitrogens with two attached hydrogens (primary N) is 2. The Morgan fingerprint density at radius 3 is 2.53 bits per heavy atom. The van der Waals surface area contributed by atoms with Gasteiger partial charge in [0.05, 0.1) is 12.2 Å². The van der Waals surface area contributed by atoms with Gasteiger partial charge < -0.3 is 30.6 Å². The highest BCUT2D eigenvalue weighted by Crippen LogP contribution is 2.48. The number of aliphatic hydroxyl groups is 1. The Hall–Kier alpha value is -2.87. The predicted octanol–water partition coefficient (Wildman–Crippen LogP) is 1.27. The largest absolute Gasteiger partial charge is 0.462 e. The lowest BCUT2D eigenvalue weighted by Gasteiger charge is -2.31. The first-order valence-electron chi connectivity index (χ1n) is 11.8. The molecule has 0 radical (unpaired) electrons. The molecule has 0 aliphatic carbocycles. The van der Waals surface area contributed by atoms with E-state index in [0.29, 0.717) is 0 Å². The number of aromatic nitrogens is 2. The van der Waals surface area contributed by atoms with Crippen molar-refractivity contribution in [3.05, 3.63) is 53.1 Å². The lowest BCUT2D eigenvalue weighted by Crippen LogP contribution is -2.58. The molecule has 38 heavy (non-hydrogen) atoms. The molecular formula is C23H33FN5O8P. The third kappa shape index (κ3) is 6.57. The maximum atomic E-state index is 14.2. The Kier molecular flexibility index (Phi) is 9.29. The van der Waals surface area contributed by atoms with Crippen LogP contribution >= 0.6 is 7.75 Å². The van der Waals surface area contributed by atoms with E-state index in [-0.39, 0.29) is 11.6 Å². The molecule has 13 nitrogen and oxygen atoms in total. The zero-order valence-electron chi connectivity index (χ0n) is 21.4. The van der Waals surface area contributed by atoms with Crippen molar-refractivity contribution >= 4 is 19.5 Å². The summed E-state index contributed by atoms with van der Waals surface area (Å²) >= 11 is 0. The van der Waals surface area contributed by atoms with Crippen molar-refractivity contribution in [2.75, 3.05) is 12.4 Å². The molecule has 1 fully saturated rings. The van der Waals surface area contributed by atoms with Gasteiger partial charge in [0.2, 0.25) is 0 Å². The van der Waals surface area contributed by atoms with Gasteiger partial charge in [0.25, 0.3) is 0 Å². The zero-order chi connectivity index (χ0) is 28.3. The minimum atomic E-state index is -4.36. The molecule has 0 saturated carbocycles. The van der Waals surface area contributed by atoms with E-state index >= 15 is 0 Å². The van der Waals surface area contributed by atoms with Crippen LogP contribution in [0.4, 0.5) is 10.2 Å². The molecule has 7 atom stereocenters. The molecule has 1 aliphatic heterocycles. The van der Waals surface area contributed by atoms with Crippen LogP contribution in [0.3, 0.4) is 0 Å². The number of esters is 1. The molecule has 1 saturated heterocycles. The summed E-state index contributed by atoms with van der Waals surface area (Å²) in [5.41, 5.74) is 8.73. The van der Waals surface area contributed by atoms with Crippen molar-refractivity contribution in [1.29, 1.82) is 0 Å². The lowest BCUT2D eigenvalue weighted by molar-refractivity contribution is -0.149. The molecule has 0 bridgehead atoms. The Balaban J connectivity index is 1.88. The molecule has 1 aromatic heterocycles. The van der Waals surface area contributed by atoms with Crippen molar-refractivity contribution in [3.63, 3.8) is 0 Å². The van der Waals surface area contributed by atoms with Crippen LogP contribution in [0.2, 0.25) is 0 Å². The quantitative estimate of drug-likeness (QED) is 0.229. The molecule has 2 heterocycles. The van der Waals surface area contributed by atoms with E-state index in [1.165, 1.54) is 38.2 Å². The fourth-order valence-corrected chi connectivity index (χ4v) is 5.54. The van der Waals surface area contributed by atoms with Crippen LogP contribution in [0, 0.1) is 0 Å². The van der Waals surface area contributed by atoms with Crippen LogP contribution in [0.1, 0.15) is 33.9 Å². The molecule has 1 aromatic carbocycles. The number of hydrogen-bond donors (Lipinski definition) is 4. The average Bonchev–Trinajstić information content (AvgIpc) is 3.10. The lowest BCUT2D eigenvalue weighted by atomic mass is 9.91. The second-order valence-corrected chi connectivity index (χ2v) is 10.9. The molecule has 0 amide bonds.